The van der Waals surface area contributed by atoms with E-state index in [2.05, 4.69) is 9.97 Å². The minimum Gasteiger partial charge on any atom is -0.465 e. The van der Waals surface area contributed by atoms with Gasteiger partial charge in [-0.2, -0.15) is 0 Å². The number of hydrogen-bond donors (Lipinski definition) is 1. The van der Waals surface area contributed by atoms with Crippen LogP contribution in [-0.2, 0) is 4.74 Å². The molecule has 1 N–H and O–H groups in total. The molecule has 4 aromatic rings. The number of methoxy groups -OCH3 is 1. The summed E-state index contributed by atoms with van der Waals surface area (Å²) in [6, 6.07) is 18.5. The van der Waals surface area contributed by atoms with Gasteiger partial charge in [0, 0.05) is 22.3 Å². The minimum absolute atomic E-state index is 0.0338. The number of nitrogens with one attached hydrogen (secondary N) is 1. The second-order valence-electron chi connectivity index (χ2n) is 6.41. The quantitative estimate of drug-likeness (QED) is 0.482. The maximum atomic E-state index is 12.7. The molecular weight excluding hydrogens is 340 g/mol. The number of ether oxygens (including phenoxy) is 1. The molecule has 5 rings (SSSR count). The van der Waals surface area contributed by atoms with Gasteiger partial charge in [-0.15, -0.1) is 0 Å². The molecule has 1 aliphatic rings. The van der Waals surface area contributed by atoms with Crippen molar-refractivity contribution in [3.63, 3.8) is 0 Å². The first-order valence-electron chi connectivity index (χ1n) is 8.53. The number of imidazole rings is 1. The highest BCUT2D eigenvalue weighted by molar-refractivity contribution is 6.23. The number of ketones is 1. The lowest BCUT2D eigenvalue weighted by atomic mass is 9.99. The van der Waals surface area contributed by atoms with Crippen molar-refractivity contribution in [3.8, 4) is 22.5 Å². The molecule has 3 aromatic carbocycles. The van der Waals surface area contributed by atoms with Gasteiger partial charge in [0.15, 0.2) is 5.78 Å². The van der Waals surface area contributed by atoms with E-state index in [1.165, 1.54) is 7.11 Å². The van der Waals surface area contributed by atoms with E-state index < -0.39 is 5.97 Å². The number of benzene rings is 3. The number of rotatable bonds is 2. The summed E-state index contributed by atoms with van der Waals surface area (Å²) in [7, 11) is 1.35. The second kappa shape index (κ2) is 5.64. The molecule has 27 heavy (non-hydrogen) atoms. The second-order valence-corrected chi connectivity index (χ2v) is 6.41. The maximum absolute atomic E-state index is 12.7. The van der Waals surface area contributed by atoms with Gasteiger partial charge in [0.1, 0.15) is 5.82 Å². The molecule has 1 heterocycles. The number of esters is 1. The zero-order chi connectivity index (χ0) is 18.5. The highest BCUT2D eigenvalue weighted by atomic mass is 16.5. The normalized spacial score (nSPS) is 12.1. The van der Waals surface area contributed by atoms with Crippen LogP contribution < -0.4 is 0 Å². The third-order valence-electron chi connectivity index (χ3n) is 4.91. The average molecular weight is 354 g/mol. The van der Waals surface area contributed by atoms with Crippen molar-refractivity contribution < 1.29 is 14.3 Å². The highest BCUT2D eigenvalue weighted by Gasteiger charge is 2.29. The summed E-state index contributed by atoms with van der Waals surface area (Å²) in [5.41, 5.74) is 6.01. The molecule has 0 radical (unpaired) electrons. The Bertz CT molecular complexity index is 1250. The Labute approximate surface area is 154 Å². The van der Waals surface area contributed by atoms with Crippen LogP contribution in [-0.4, -0.2) is 28.8 Å². The summed E-state index contributed by atoms with van der Waals surface area (Å²) in [4.78, 5) is 32.4. The number of H-pyrrole nitrogens is 1. The van der Waals surface area contributed by atoms with Crippen LogP contribution in [0.1, 0.15) is 26.3 Å². The van der Waals surface area contributed by atoms with Gasteiger partial charge in [-0.1, -0.05) is 42.5 Å². The van der Waals surface area contributed by atoms with E-state index in [9.17, 15) is 9.59 Å². The SMILES string of the molecule is COC(=O)c1ccc2nc(-c3cccc4c3-c3ccccc3C4=O)[nH]c2c1. The molecule has 5 nitrogen and oxygen atoms in total. The van der Waals surface area contributed by atoms with Gasteiger partial charge in [0.25, 0.3) is 0 Å². The topological polar surface area (TPSA) is 72.0 Å². The van der Waals surface area contributed by atoms with Crippen LogP contribution in [0.2, 0.25) is 0 Å². The van der Waals surface area contributed by atoms with E-state index in [4.69, 9.17) is 4.74 Å². The third kappa shape index (κ3) is 2.22. The van der Waals surface area contributed by atoms with Gasteiger partial charge in [0.05, 0.1) is 23.7 Å². The Hall–Kier alpha value is -3.73. The molecule has 0 saturated carbocycles. The lowest BCUT2D eigenvalue weighted by molar-refractivity contribution is 0.0600. The molecule has 1 aliphatic carbocycles. The Morgan fingerprint density at radius 1 is 0.926 bits per heavy atom. The van der Waals surface area contributed by atoms with Gasteiger partial charge in [-0.3, -0.25) is 4.79 Å². The van der Waals surface area contributed by atoms with Crippen LogP contribution in [0.25, 0.3) is 33.5 Å². The first-order chi connectivity index (χ1) is 13.2. The van der Waals surface area contributed by atoms with Gasteiger partial charge < -0.3 is 9.72 Å². The van der Waals surface area contributed by atoms with Gasteiger partial charge >= 0.3 is 5.97 Å². The van der Waals surface area contributed by atoms with E-state index in [1.807, 2.05) is 42.5 Å². The number of carbonyl (C=O) groups is 2. The third-order valence-corrected chi connectivity index (χ3v) is 4.91. The fourth-order valence-electron chi connectivity index (χ4n) is 3.66. The number of carbonyl (C=O) groups excluding carboxylic acids is 2. The number of aromatic amines is 1. The summed E-state index contributed by atoms with van der Waals surface area (Å²) >= 11 is 0. The summed E-state index contributed by atoms with van der Waals surface area (Å²) in [6.45, 7) is 0. The first-order valence-corrected chi connectivity index (χ1v) is 8.53. The molecule has 0 atom stereocenters. The molecule has 0 unspecified atom stereocenters. The Kier molecular flexibility index (Phi) is 3.24. The summed E-state index contributed by atoms with van der Waals surface area (Å²) in [5.74, 6) is 0.299. The van der Waals surface area contributed by atoms with E-state index in [1.54, 1.807) is 18.2 Å². The van der Waals surface area contributed by atoms with Crippen molar-refractivity contribution in [2.24, 2.45) is 0 Å². The van der Waals surface area contributed by atoms with Crippen molar-refractivity contribution in [1.82, 2.24) is 9.97 Å². The van der Waals surface area contributed by atoms with Crippen LogP contribution in [0.4, 0.5) is 0 Å². The largest absolute Gasteiger partial charge is 0.465 e. The number of fused-ring (bicyclic) bond motifs is 4. The highest BCUT2D eigenvalue weighted by Crippen LogP contribution is 2.42. The van der Waals surface area contributed by atoms with Crippen LogP contribution >= 0.6 is 0 Å². The molecule has 130 valence electrons. The van der Waals surface area contributed by atoms with Gasteiger partial charge in [-0.25, -0.2) is 9.78 Å². The number of nitrogens with zero attached hydrogens (tertiary/aromatic N) is 1. The van der Waals surface area contributed by atoms with Crippen molar-refractivity contribution >= 4 is 22.8 Å². The fourth-order valence-corrected chi connectivity index (χ4v) is 3.66. The average Bonchev–Trinajstić information content (AvgIpc) is 3.27. The van der Waals surface area contributed by atoms with Crippen LogP contribution in [0.15, 0.2) is 60.7 Å². The molecule has 1 aromatic heterocycles. The van der Waals surface area contributed by atoms with E-state index in [-0.39, 0.29) is 5.78 Å². The van der Waals surface area contributed by atoms with Crippen molar-refractivity contribution in [1.29, 1.82) is 0 Å². The standard InChI is InChI=1S/C22H14N2O3/c1-27-22(26)12-9-10-17-18(11-12)24-21(23-17)16-8-4-7-15-19(16)13-5-2-3-6-14(13)20(15)25/h2-11H,1H3,(H,23,24). The maximum Gasteiger partial charge on any atom is 0.337 e. The Balaban J connectivity index is 1.72. The van der Waals surface area contributed by atoms with E-state index in [0.717, 1.165) is 27.7 Å². The smallest absolute Gasteiger partial charge is 0.337 e. The van der Waals surface area contributed by atoms with Crippen LogP contribution in [0, 0.1) is 0 Å². The van der Waals surface area contributed by atoms with Gasteiger partial charge in [-0.05, 0) is 23.8 Å². The summed E-state index contributed by atoms with van der Waals surface area (Å²) < 4.78 is 4.78. The molecule has 0 spiro atoms. The van der Waals surface area contributed by atoms with E-state index in [0.29, 0.717) is 22.5 Å². The number of aromatic nitrogens is 2. The van der Waals surface area contributed by atoms with E-state index >= 15 is 0 Å². The molecule has 5 heteroatoms. The molecule has 0 saturated heterocycles. The van der Waals surface area contributed by atoms with Gasteiger partial charge in [0.2, 0.25) is 0 Å². The van der Waals surface area contributed by atoms with Crippen molar-refractivity contribution in [2.45, 2.75) is 0 Å². The zero-order valence-corrected chi connectivity index (χ0v) is 14.4. The zero-order valence-electron chi connectivity index (χ0n) is 14.4. The monoisotopic (exact) mass is 354 g/mol. The molecule has 0 amide bonds. The summed E-state index contributed by atoms with van der Waals surface area (Å²) in [6.07, 6.45) is 0. The van der Waals surface area contributed by atoms with Crippen LogP contribution in [0.3, 0.4) is 0 Å². The molecule has 0 bridgehead atoms. The first kappa shape index (κ1) is 15.5. The van der Waals surface area contributed by atoms with Crippen LogP contribution in [0.5, 0.6) is 0 Å². The Morgan fingerprint density at radius 3 is 2.48 bits per heavy atom. The Morgan fingerprint density at radius 2 is 1.67 bits per heavy atom. The molecule has 0 fully saturated rings. The number of hydrogen-bond acceptors (Lipinski definition) is 4. The summed E-state index contributed by atoms with van der Waals surface area (Å²) in [5, 5.41) is 0. The molecule has 0 aliphatic heterocycles. The van der Waals surface area contributed by atoms with Crippen molar-refractivity contribution in [2.75, 3.05) is 7.11 Å². The fraction of sp³-hybridized carbons (Fsp3) is 0.0455. The minimum atomic E-state index is -0.395. The van der Waals surface area contributed by atoms with Crippen molar-refractivity contribution in [3.05, 3.63) is 77.4 Å². The molecular formula is C22H14N2O3. The predicted octanol–water partition coefficient (Wildman–Crippen LogP) is 4.23. The lowest BCUT2D eigenvalue weighted by Gasteiger charge is -2.06. The lowest BCUT2D eigenvalue weighted by Crippen LogP contribution is -2.00. The predicted molar refractivity (Wildman–Crippen MR) is 102 cm³/mol.